The summed E-state index contributed by atoms with van der Waals surface area (Å²) in [5.74, 6) is -0.446. The molecule has 0 amide bonds. The number of hydrogen-bond donors (Lipinski definition) is 7. The minimum Gasteiger partial charge on any atom is -0.481 e. The highest BCUT2D eigenvalue weighted by molar-refractivity contribution is 5.70. The van der Waals surface area contributed by atoms with Gasteiger partial charge in [-0.1, -0.05) is 82.8 Å². The van der Waals surface area contributed by atoms with Gasteiger partial charge in [0.25, 0.3) is 0 Å². The Morgan fingerprint density at radius 3 is 2.60 bits per heavy atom. The average Bonchev–Trinajstić information content (AvgIpc) is 3.28. The fraction of sp³-hybridized carbons (Fsp3) is 0.757. The third-order valence-electron chi connectivity index (χ3n) is 11.2. The second kappa shape index (κ2) is 17.1. The minimum absolute atomic E-state index is 0.0471. The number of carboxylic acid groups (broad SMARTS) is 1. The van der Waals surface area contributed by atoms with Gasteiger partial charge in [0, 0.05) is 24.3 Å². The normalized spacial score (nSPS) is 34.0. The summed E-state index contributed by atoms with van der Waals surface area (Å²) in [5, 5.41) is 50.7. The van der Waals surface area contributed by atoms with Crippen molar-refractivity contribution in [3.8, 4) is 0 Å². The van der Waals surface area contributed by atoms with Gasteiger partial charge < -0.3 is 36.8 Å². The van der Waals surface area contributed by atoms with Crippen molar-refractivity contribution in [2.75, 3.05) is 19.6 Å². The van der Waals surface area contributed by atoms with Crippen LogP contribution in [0.25, 0.3) is 0 Å². The lowest BCUT2D eigenvalue weighted by molar-refractivity contribution is -0.148. The zero-order valence-corrected chi connectivity index (χ0v) is 27.7. The van der Waals surface area contributed by atoms with Crippen molar-refractivity contribution < 1.29 is 25.2 Å². The molecule has 3 aliphatic carbocycles. The van der Waals surface area contributed by atoms with E-state index in [-0.39, 0.29) is 29.8 Å². The van der Waals surface area contributed by atoms with Gasteiger partial charge in [0.05, 0.1) is 29.5 Å². The van der Waals surface area contributed by atoms with Gasteiger partial charge in [-0.25, -0.2) is 0 Å². The molecule has 0 radical (unpaired) electrons. The summed E-state index contributed by atoms with van der Waals surface area (Å²) in [6.45, 7) is 6.68. The molecule has 4 aliphatic rings. The lowest BCUT2D eigenvalue weighted by atomic mass is 9.70. The monoisotopic (exact) mass is 627 g/mol. The molecule has 45 heavy (non-hydrogen) atoms. The lowest BCUT2D eigenvalue weighted by Crippen LogP contribution is -2.44. The van der Waals surface area contributed by atoms with E-state index in [0.717, 1.165) is 58.0 Å². The molecule has 8 nitrogen and oxygen atoms in total. The Bertz CT molecular complexity index is 1070. The van der Waals surface area contributed by atoms with E-state index in [1.165, 1.54) is 24.8 Å². The standard InChI is InChI=1S/C37H61N3O5/c1-3-5-7-10-25-13-14-27(33(41)20-25)11-8-6-9-12-30(36(43)44)35(42)28-15-16-32-31(19-26-17-18-40-34(38)21-26)29(24-39-4-2)23-37(32,45)22-28/h13-17,21,25,27-33,35,39-42,45H,3-12,18-20,22-24,38H2,1-2H3,(H,43,44). The van der Waals surface area contributed by atoms with Crippen LogP contribution in [0.1, 0.15) is 97.3 Å². The van der Waals surface area contributed by atoms with Crippen molar-refractivity contribution in [3.05, 3.63) is 47.9 Å². The van der Waals surface area contributed by atoms with Crippen LogP contribution in [-0.2, 0) is 4.79 Å². The van der Waals surface area contributed by atoms with Gasteiger partial charge in [0.2, 0.25) is 0 Å². The maximum Gasteiger partial charge on any atom is 0.309 e. The molecule has 0 saturated heterocycles. The number of aliphatic hydroxyl groups is 3. The zero-order chi connectivity index (χ0) is 32.4. The van der Waals surface area contributed by atoms with Crippen LogP contribution < -0.4 is 16.4 Å². The summed E-state index contributed by atoms with van der Waals surface area (Å²) in [5.41, 5.74) is 6.25. The van der Waals surface area contributed by atoms with E-state index in [0.29, 0.717) is 37.5 Å². The first kappa shape index (κ1) is 35.7. The number of carbonyl (C=O) groups is 1. The number of carboxylic acids is 1. The van der Waals surface area contributed by atoms with E-state index in [1.807, 2.05) is 12.2 Å². The number of hydrogen-bond acceptors (Lipinski definition) is 7. The molecule has 1 heterocycles. The second-order valence-electron chi connectivity index (χ2n) is 14.5. The van der Waals surface area contributed by atoms with E-state index in [1.54, 1.807) is 0 Å². The first-order valence-corrected chi connectivity index (χ1v) is 17.9. The van der Waals surface area contributed by atoms with E-state index in [2.05, 4.69) is 48.8 Å². The summed E-state index contributed by atoms with van der Waals surface area (Å²) in [6, 6.07) is 0. The molecule has 10 unspecified atom stereocenters. The van der Waals surface area contributed by atoms with Crippen molar-refractivity contribution in [3.63, 3.8) is 0 Å². The molecule has 0 aromatic rings. The molecule has 0 spiro atoms. The fourth-order valence-electron chi connectivity index (χ4n) is 8.63. The fourth-order valence-corrected chi connectivity index (χ4v) is 8.63. The number of dihydropyridines is 1. The zero-order valence-electron chi connectivity index (χ0n) is 27.7. The van der Waals surface area contributed by atoms with E-state index in [4.69, 9.17) is 5.73 Å². The smallest absolute Gasteiger partial charge is 0.309 e. The third kappa shape index (κ3) is 9.69. The quantitative estimate of drug-likeness (QED) is 0.0828. The Kier molecular flexibility index (Phi) is 13.6. The van der Waals surface area contributed by atoms with Crippen LogP contribution in [0, 0.1) is 41.4 Å². The van der Waals surface area contributed by atoms with Crippen LogP contribution in [0.5, 0.6) is 0 Å². The number of aliphatic carboxylic acids is 1. The summed E-state index contributed by atoms with van der Waals surface area (Å²) >= 11 is 0. The van der Waals surface area contributed by atoms with Gasteiger partial charge in [-0.05, 0) is 87.4 Å². The van der Waals surface area contributed by atoms with Crippen LogP contribution in [0.3, 0.4) is 0 Å². The van der Waals surface area contributed by atoms with Gasteiger partial charge in [0.1, 0.15) is 0 Å². The Labute approximate surface area is 271 Å². The molecule has 1 fully saturated rings. The van der Waals surface area contributed by atoms with Crippen molar-refractivity contribution in [2.45, 2.75) is 115 Å². The highest BCUT2D eigenvalue weighted by Gasteiger charge is 2.54. The predicted molar refractivity (Wildman–Crippen MR) is 180 cm³/mol. The van der Waals surface area contributed by atoms with Crippen molar-refractivity contribution >= 4 is 5.97 Å². The highest BCUT2D eigenvalue weighted by atomic mass is 16.4. The molecule has 1 aliphatic heterocycles. The van der Waals surface area contributed by atoms with Crippen molar-refractivity contribution in [1.82, 2.24) is 10.6 Å². The largest absolute Gasteiger partial charge is 0.481 e. The summed E-state index contributed by atoms with van der Waals surface area (Å²) < 4.78 is 0. The molecule has 254 valence electrons. The molecule has 10 atom stereocenters. The number of nitrogens with one attached hydrogen (secondary N) is 2. The predicted octanol–water partition coefficient (Wildman–Crippen LogP) is 5.02. The topological polar surface area (TPSA) is 148 Å². The molecule has 4 rings (SSSR count). The van der Waals surface area contributed by atoms with Crippen LogP contribution in [0.15, 0.2) is 47.9 Å². The second-order valence-corrected chi connectivity index (χ2v) is 14.5. The number of unbranched alkanes of at least 4 members (excludes halogenated alkanes) is 4. The van der Waals surface area contributed by atoms with Gasteiger partial charge in [0.15, 0.2) is 0 Å². The van der Waals surface area contributed by atoms with E-state index >= 15 is 0 Å². The van der Waals surface area contributed by atoms with Gasteiger partial charge in [-0.2, -0.15) is 0 Å². The Morgan fingerprint density at radius 1 is 1.09 bits per heavy atom. The molecular weight excluding hydrogens is 566 g/mol. The summed E-state index contributed by atoms with van der Waals surface area (Å²) in [6.07, 6.45) is 22.7. The van der Waals surface area contributed by atoms with E-state index in [9.17, 15) is 25.2 Å². The summed E-state index contributed by atoms with van der Waals surface area (Å²) in [7, 11) is 0. The van der Waals surface area contributed by atoms with Crippen LogP contribution in [0.2, 0.25) is 0 Å². The van der Waals surface area contributed by atoms with Crippen LogP contribution in [-0.4, -0.2) is 63.8 Å². The first-order valence-electron chi connectivity index (χ1n) is 17.9. The number of nitrogens with two attached hydrogens (primary N) is 1. The third-order valence-corrected chi connectivity index (χ3v) is 11.2. The van der Waals surface area contributed by atoms with Gasteiger partial charge >= 0.3 is 5.97 Å². The molecule has 8 N–H and O–H groups in total. The SMILES string of the molecule is CCCCCC1C=CC(CCCCCC(C(=O)O)C(O)C2C=CC3C(CC4=CCNC(N)=C4)C(CNCC)CC3(O)C2)C(O)C1. The van der Waals surface area contributed by atoms with E-state index < -0.39 is 29.5 Å². The molecule has 0 bridgehead atoms. The number of allylic oxidation sites excluding steroid dienone is 3. The minimum atomic E-state index is -1.04. The molecule has 0 aromatic carbocycles. The maximum absolute atomic E-state index is 12.3. The summed E-state index contributed by atoms with van der Waals surface area (Å²) in [4.78, 5) is 12.3. The van der Waals surface area contributed by atoms with Crippen LogP contribution >= 0.6 is 0 Å². The molecule has 8 heteroatoms. The first-order chi connectivity index (χ1) is 21.6. The number of aliphatic hydroxyl groups excluding tert-OH is 2. The van der Waals surface area contributed by atoms with Gasteiger partial charge in [-0.3, -0.25) is 4.79 Å². The number of rotatable bonds is 18. The Morgan fingerprint density at radius 2 is 1.89 bits per heavy atom. The van der Waals surface area contributed by atoms with Crippen molar-refractivity contribution in [1.29, 1.82) is 0 Å². The lowest BCUT2D eigenvalue weighted by Gasteiger charge is -2.39. The van der Waals surface area contributed by atoms with Crippen LogP contribution in [0.4, 0.5) is 0 Å². The highest BCUT2D eigenvalue weighted by Crippen LogP contribution is 2.53. The number of fused-ring (bicyclic) bond motifs is 1. The molecule has 0 aromatic heterocycles. The maximum atomic E-state index is 12.3. The molecule has 1 saturated carbocycles. The Balaban J connectivity index is 1.29. The average molecular weight is 628 g/mol. The molecular formula is C37H61N3O5. The van der Waals surface area contributed by atoms with Crippen molar-refractivity contribution in [2.24, 2.45) is 47.2 Å². The van der Waals surface area contributed by atoms with Gasteiger partial charge in [-0.15, -0.1) is 0 Å². The Hall–Kier alpha value is -2.13.